The molecule has 0 aromatic heterocycles. The summed E-state index contributed by atoms with van der Waals surface area (Å²) in [7, 11) is -1.39. The number of anilines is 1. The number of nitrogens with one attached hydrogen (secondary N) is 1. The molecule has 0 bridgehead atoms. The minimum atomic E-state index is -4.08. The summed E-state index contributed by atoms with van der Waals surface area (Å²) in [6, 6.07) is 11.3. The first-order chi connectivity index (χ1) is 16.0. The maximum atomic E-state index is 13.5. The molecule has 1 atom stereocenters. The van der Waals surface area contributed by atoms with Crippen molar-refractivity contribution in [2.24, 2.45) is 0 Å². The summed E-state index contributed by atoms with van der Waals surface area (Å²) >= 11 is 3.37. The van der Waals surface area contributed by atoms with E-state index in [9.17, 15) is 22.4 Å². The summed E-state index contributed by atoms with van der Waals surface area (Å²) in [5.41, 5.74) is 0.908. The van der Waals surface area contributed by atoms with Crippen molar-refractivity contribution >= 4 is 43.6 Å². The Balaban J connectivity index is 2.41. The number of carbonyl (C=O) groups excluding carboxylic acids is 2. The van der Waals surface area contributed by atoms with Crippen molar-refractivity contribution in [2.75, 3.05) is 31.5 Å². The molecule has 186 valence electrons. The molecule has 34 heavy (non-hydrogen) atoms. The maximum absolute atomic E-state index is 13.5. The standard InChI is InChI=1S/C23H30BrFN4O4S/c1-5-14-26-23(31)17(2)28(15-18-6-8-19(24)9-7-18)22(30)16-29(34(32,33)27(3)4)21-12-10-20(25)11-13-21/h6-13,17H,5,14-16H2,1-4H3,(H,26,31). The highest BCUT2D eigenvalue weighted by molar-refractivity contribution is 9.10. The first-order valence-electron chi connectivity index (χ1n) is 10.7. The van der Waals surface area contributed by atoms with Gasteiger partial charge in [0.15, 0.2) is 0 Å². The third-order valence-corrected chi connectivity index (χ3v) is 7.46. The fraction of sp³-hybridized carbons (Fsp3) is 0.391. The van der Waals surface area contributed by atoms with Crippen LogP contribution in [-0.4, -0.2) is 62.7 Å². The lowest BCUT2D eigenvalue weighted by Crippen LogP contribution is -2.52. The van der Waals surface area contributed by atoms with E-state index >= 15 is 0 Å². The largest absolute Gasteiger partial charge is 0.354 e. The van der Waals surface area contributed by atoms with Crippen LogP contribution in [0.4, 0.5) is 10.1 Å². The van der Waals surface area contributed by atoms with E-state index in [0.29, 0.717) is 6.54 Å². The van der Waals surface area contributed by atoms with Gasteiger partial charge in [-0.05, 0) is 55.3 Å². The van der Waals surface area contributed by atoms with Gasteiger partial charge in [-0.1, -0.05) is 35.0 Å². The van der Waals surface area contributed by atoms with Crippen LogP contribution in [0.15, 0.2) is 53.0 Å². The number of halogens is 2. The molecule has 1 N–H and O–H groups in total. The summed E-state index contributed by atoms with van der Waals surface area (Å²) in [5, 5.41) is 2.78. The molecule has 2 aromatic carbocycles. The number of hydrogen-bond donors (Lipinski definition) is 1. The van der Waals surface area contributed by atoms with Gasteiger partial charge in [0.2, 0.25) is 11.8 Å². The zero-order valence-electron chi connectivity index (χ0n) is 19.7. The highest BCUT2D eigenvalue weighted by Gasteiger charge is 2.32. The minimum Gasteiger partial charge on any atom is -0.354 e. The first kappa shape index (κ1) is 27.7. The van der Waals surface area contributed by atoms with Crippen LogP contribution in [0.25, 0.3) is 0 Å². The van der Waals surface area contributed by atoms with Crippen molar-refractivity contribution in [1.29, 1.82) is 0 Å². The van der Waals surface area contributed by atoms with Crippen LogP contribution < -0.4 is 9.62 Å². The molecule has 0 aliphatic heterocycles. The van der Waals surface area contributed by atoms with E-state index in [1.807, 2.05) is 31.2 Å². The quantitative estimate of drug-likeness (QED) is 0.460. The van der Waals surface area contributed by atoms with Crippen LogP contribution >= 0.6 is 15.9 Å². The Bertz CT molecular complexity index is 1080. The Morgan fingerprint density at radius 3 is 2.18 bits per heavy atom. The lowest BCUT2D eigenvalue weighted by molar-refractivity contribution is -0.139. The summed E-state index contributed by atoms with van der Waals surface area (Å²) in [6.45, 7) is 3.52. The lowest BCUT2D eigenvalue weighted by atomic mass is 10.1. The molecule has 2 rings (SSSR count). The van der Waals surface area contributed by atoms with Crippen molar-refractivity contribution in [1.82, 2.24) is 14.5 Å². The molecule has 0 fully saturated rings. The Morgan fingerprint density at radius 1 is 1.06 bits per heavy atom. The van der Waals surface area contributed by atoms with E-state index in [-0.39, 0.29) is 18.1 Å². The molecule has 0 aliphatic rings. The number of carbonyl (C=O) groups is 2. The van der Waals surface area contributed by atoms with Crippen LogP contribution in [-0.2, 0) is 26.3 Å². The predicted octanol–water partition coefficient (Wildman–Crippen LogP) is 3.14. The second kappa shape index (κ2) is 12.3. The first-order valence-corrected chi connectivity index (χ1v) is 12.9. The van der Waals surface area contributed by atoms with Crippen LogP contribution in [0, 0.1) is 5.82 Å². The SMILES string of the molecule is CCCNC(=O)C(C)N(Cc1ccc(Br)cc1)C(=O)CN(c1ccc(F)cc1)S(=O)(=O)N(C)C. The van der Waals surface area contributed by atoms with Crippen LogP contribution in [0.1, 0.15) is 25.8 Å². The van der Waals surface area contributed by atoms with Crippen molar-refractivity contribution in [2.45, 2.75) is 32.9 Å². The molecular formula is C23H30BrFN4O4S. The summed E-state index contributed by atoms with van der Waals surface area (Å²) in [4.78, 5) is 27.5. The molecule has 0 radical (unpaired) electrons. The van der Waals surface area contributed by atoms with Crippen LogP contribution in [0.2, 0.25) is 0 Å². The third kappa shape index (κ3) is 7.25. The van der Waals surface area contributed by atoms with E-state index in [4.69, 9.17) is 0 Å². The second-order valence-electron chi connectivity index (χ2n) is 7.89. The maximum Gasteiger partial charge on any atom is 0.304 e. The number of rotatable bonds is 11. The fourth-order valence-corrected chi connectivity index (χ4v) is 4.41. The fourth-order valence-electron chi connectivity index (χ4n) is 3.09. The normalized spacial score (nSPS) is 12.3. The number of amides is 2. The third-order valence-electron chi connectivity index (χ3n) is 5.12. The minimum absolute atomic E-state index is 0.103. The van der Waals surface area contributed by atoms with Gasteiger partial charge >= 0.3 is 10.2 Å². The molecule has 0 aliphatic carbocycles. The molecule has 0 saturated heterocycles. The Morgan fingerprint density at radius 2 is 1.65 bits per heavy atom. The molecule has 2 aromatic rings. The van der Waals surface area contributed by atoms with Crippen molar-refractivity contribution < 1.29 is 22.4 Å². The number of hydrogen-bond acceptors (Lipinski definition) is 4. The van der Waals surface area contributed by atoms with E-state index in [1.54, 1.807) is 6.92 Å². The molecule has 0 saturated carbocycles. The van der Waals surface area contributed by atoms with Gasteiger partial charge in [0, 0.05) is 31.7 Å². The summed E-state index contributed by atoms with van der Waals surface area (Å²) in [6.07, 6.45) is 0.735. The highest BCUT2D eigenvalue weighted by Crippen LogP contribution is 2.21. The average molecular weight is 557 g/mol. The molecule has 11 heteroatoms. The zero-order chi connectivity index (χ0) is 25.5. The Labute approximate surface area is 209 Å². The molecule has 0 heterocycles. The second-order valence-corrected chi connectivity index (χ2v) is 10.9. The van der Waals surface area contributed by atoms with E-state index in [1.165, 1.54) is 31.1 Å². The van der Waals surface area contributed by atoms with Gasteiger partial charge in [0.25, 0.3) is 0 Å². The van der Waals surface area contributed by atoms with Crippen molar-refractivity contribution in [3.63, 3.8) is 0 Å². The van der Waals surface area contributed by atoms with Gasteiger partial charge < -0.3 is 10.2 Å². The van der Waals surface area contributed by atoms with Gasteiger partial charge in [0.05, 0.1) is 5.69 Å². The molecule has 0 spiro atoms. The molecule has 8 nitrogen and oxygen atoms in total. The van der Waals surface area contributed by atoms with Crippen molar-refractivity contribution in [3.05, 3.63) is 64.4 Å². The van der Waals surface area contributed by atoms with Gasteiger partial charge in [-0.25, -0.2) is 8.70 Å². The summed E-state index contributed by atoms with van der Waals surface area (Å²) < 4.78 is 42.2. The Kier molecular flexibility index (Phi) is 10.0. The van der Waals surface area contributed by atoms with Gasteiger partial charge in [-0.3, -0.25) is 9.59 Å². The molecular weight excluding hydrogens is 527 g/mol. The van der Waals surface area contributed by atoms with Gasteiger partial charge in [0.1, 0.15) is 18.4 Å². The van der Waals surface area contributed by atoms with E-state index < -0.39 is 34.5 Å². The predicted molar refractivity (Wildman–Crippen MR) is 134 cm³/mol. The van der Waals surface area contributed by atoms with Gasteiger partial charge in [-0.15, -0.1) is 0 Å². The van der Waals surface area contributed by atoms with Crippen LogP contribution in [0.3, 0.4) is 0 Å². The van der Waals surface area contributed by atoms with Crippen molar-refractivity contribution in [3.8, 4) is 0 Å². The smallest absolute Gasteiger partial charge is 0.304 e. The van der Waals surface area contributed by atoms with E-state index in [0.717, 1.165) is 37.2 Å². The van der Waals surface area contributed by atoms with Crippen LogP contribution in [0.5, 0.6) is 0 Å². The lowest BCUT2D eigenvalue weighted by Gasteiger charge is -2.32. The number of benzene rings is 2. The zero-order valence-corrected chi connectivity index (χ0v) is 22.1. The molecule has 2 amide bonds. The molecule has 1 unspecified atom stereocenters. The average Bonchev–Trinajstić information content (AvgIpc) is 2.80. The van der Waals surface area contributed by atoms with E-state index in [2.05, 4.69) is 21.2 Å². The summed E-state index contributed by atoms with van der Waals surface area (Å²) in [5.74, 6) is -1.44. The number of nitrogens with zero attached hydrogens (tertiary/aromatic N) is 3. The Hall–Kier alpha value is -2.50. The topological polar surface area (TPSA) is 90.0 Å². The highest BCUT2D eigenvalue weighted by atomic mass is 79.9. The van der Waals surface area contributed by atoms with Gasteiger partial charge in [-0.2, -0.15) is 12.7 Å². The monoisotopic (exact) mass is 556 g/mol.